The zero-order chi connectivity index (χ0) is 14.3. The molecule has 0 saturated heterocycles. The van der Waals surface area contributed by atoms with Crippen LogP contribution in [0.5, 0.6) is 0 Å². The highest BCUT2D eigenvalue weighted by molar-refractivity contribution is 6.01. The maximum Gasteiger partial charge on any atom is 0.339 e. The van der Waals surface area contributed by atoms with E-state index in [1.807, 2.05) is 6.92 Å². The lowest BCUT2D eigenvalue weighted by molar-refractivity contribution is -0.116. The molecule has 0 aliphatic heterocycles. The van der Waals surface area contributed by atoms with E-state index in [1.165, 1.54) is 13.2 Å². The summed E-state index contributed by atoms with van der Waals surface area (Å²) in [6.45, 7) is 3.21. The van der Waals surface area contributed by atoms with Gasteiger partial charge in [-0.3, -0.25) is 4.79 Å². The zero-order valence-corrected chi connectivity index (χ0v) is 11.0. The Morgan fingerprint density at radius 2 is 2.11 bits per heavy atom. The first-order valence-corrected chi connectivity index (χ1v) is 5.97. The van der Waals surface area contributed by atoms with Gasteiger partial charge >= 0.3 is 5.97 Å². The van der Waals surface area contributed by atoms with Gasteiger partial charge in [0.1, 0.15) is 5.82 Å². The maximum atomic E-state index is 13.2. The van der Waals surface area contributed by atoms with E-state index in [0.717, 1.165) is 18.7 Å². The summed E-state index contributed by atoms with van der Waals surface area (Å²) in [5.41, 5.74) is 0.244. The van der Waals surface area contributed by atoms with E-state index in [9.17, 15) is 14.0 Å². The molecule has 2 N–H and O–H groups in total. The number of carbonyl (C=O) groups is 2. The minimum Gasteiger partial charge on any atom is -0.465 e. The fourth-order valence-corrected chi connectivity index (χ4v) is 1.50. The molecule has 0 heterocycles. The van der Waals surface area contributed by atoms with E-state index in [0.29, 0.717) is 6.54 Å². The van der Waals surface area contributed by atoms with Gasteiger partial charge in [0.2, 0.25) is 5.91 Å². The first-order chi connectivity index (χ1) is 9.08. The lowest BCUT2D eigenvalue weighted by Crippen LogP contribution is -2.22. The normalized spacial score (nSPS) is 10.1. The van der Waals surface area contributed by atoms with Crippen LogP contribution < -0.4 is 10.6 Å². The molecule has 0 fully saturated rings. The molecule has 6 heteroatoms. The Kier molecular flexibility index (Phi) is 5.95. The summed E-state index contributed by atoms with van der Waals surface area (Å²) in [7, 11) is 1.22. The average Bonchev–Trinajstić information content (AvgIpc) is 2.38. The van der Waals surface area contributed by atoms with E-state index in [4.69, 9.17) is 0 Å². The smallest absolute Gasteiger partial charge is 0.339 e. The monoisotopic (exact) mass is 268 g/mol. The van der Waals surface area contributed by atoms with Gasteiger partial charge in [-0.25, -0.2) is 9.18 Å². The van der Waals surface area contributed by atoms with Gasteiger partial charge in [-0.1, -0.05) is 6.92 Å². The fraction of sp³-hybridized carbons (Fsp3) is 0.385. The molecule has 0 bridgehead atoms. The van der Waals surface area contributed by atoms with Gasteiger partial charge in [-0.2, -0.15) is 0 Å². The standard InChI is InChI=1S/C13H17FN2O3/c1-3-15-7-6-12(17)16-11-8-9(14)4-5-10(11)13(18)19-2/h4-5,8,15H,3,6-7H2,1-2H3,(H,16,17). The number of hydrogen-bond acceptors (Lipinski definition) is 4. The number of nitrogens with one attached hydrogen (secondary N) is 2. The van der Waals surface area contributed by atoms with Gasteiger partial charge < -0.3 is 15.4 Å². The summed E-state index contributed by atoms with van der Waals surface area (Å²) in [6.07, 6.45) is 0.241. The summed E-state index contributed by atoms with van der Waals surface area (Å²) < 4.78 is 17.7. The summed E-state index contributed by atoms with van der Waals surface area (Å²) in [5.74, 6) is -1.45. The first kappa shape index (κ1) is 15.1. The topological polar surface area (TPSA) is 67.4 Å². The third kappa shape index (κ3) is 4.67. The molecule has 0 unspecified atom stereocenters. The molecule has 0 aliphatic carbocycles. The van der Waals surface area contributed by atoms with Crippen LogP contribution in [0.25, 0.3) is 0 Å². The number of hydrogen-bond donors (Lipinski definition) is 2. The van der Waals surface area contributed by atoms with E-state index < -0.39 is 11.8 Å². The summed E-state index contributed by atoms with van der Waals surface area (Å²) in [5, 5.41) is 5.50. The van der Waals surface area contributed by atoms with Crippen molar-refractivity contribution in [2.75, 3.05) is 25.5 Å². The number of ether oxygens (including phenoxy) is 1. The molecule has 104 valence electrons. The minimum atomic E-state index is -0.623. The van der Waals surface area contributed by atoms with Crippen molar-refractivity contribution in [2.45, 2.75) is 13.3 Å². The Hall–Kier alpha value is -1.95. The summed E-state index contributed by atoms with van der Waals surface area (Å²) in [4.78, 5) is 23.1. The van der Waals surface area contributed by atoms with Crippen LogP contribution in [0.4, 0.5) is 10.1 Å². The number of esters is 1. The Labute approximate surface area is 111 Å². The summed E-state index contributed by atoms with van der Waals surface area (Å²) in [6, 6.07) is 3.51. The largest absolute Gasteiger partial charge is 0.465 e. The van der Waals surface area contributed by atoms with Crippen molar-refractivity contribution in [3.63, 3.8) is 0 Å². The van der Waals surface area contributed by atoms with Gasteiger partial charge in [-0.15, -0.1) is 0 Å². The molecule has 19 heavy (non-hydrogen) atoms. The minimum absolute atomic E-state index is 0.119. The van der Waals surface area contributed by atoms with Crippen molar-refractivity contribution in [2.24, 2.45) is 0 Å². The van der Waals surface area contributed by atoms with Gasteiger partial charge in [0.25, 0.3) is 0 Å². The van der Waals surface area contributed by atoms with Crippen LogP contribution in [0, 0.1) is 5.82 Å². The summed E-state index contributed by atoms with van der Waals surface area (Å²) >= 11 is 0. The molecule has 0 radical (unpaired) electrons. The Balaban J connectivity index is 2.78. The van der Waals surface area contributed by atoms with Crippen molar-refractivity contribution < 1.29 is 18.7 Å². The number of halogens is 1. The van der Waals surface area contributed by atoms with Crippen molar-refractivity contribution >= 4 is 17.6 Å². The number of benzene rings is 1. The molecule has 1 aromatic rings. The second kappa shape index (κ2) is 7.48. The number of anilines is 1. The number of methoxy groups -OCH3 is 1. The Morgan fingerprint density at radius 3 is 2.74 bits per heavy atom. The lowest BCUT2D eigenvalue weighted by atomic mass is 10.1. The fourth-order valence-electron chi connectivity index (χ4n) is 1.50. The molecule has 0 saturated carbocycles. The Morgan fingerprint density at radius 1 is 1.37 bits per heavy atom. The van der Waals surface area contributed by atoms with Crippen molar-refractivity contribution in [3.8, 4) is 0 Å². The molecular formula is C13H17FN2O3. The van der Waals surface area contributed by atoms with Crippen LogP contribution in [0.1, 0.15) is 23.7 Å². The molecule has 5 nitrogen and oxygen atoms in total. The van der Waals surface area contributed by atoms with Crippen molar-refractivity contribution in [1.29, 1.82) is 0 Å². The average molecular weight is 268 g/mol. The van der Waals surface area contributed by atoms with Crippen LogP contribution in [-0.2, 0) is 9.53 Å². The van der Waals surface area contributed by atoms with E-state index >= 15 is 0 Å². The molecular weight excluding hydrogens is 251 g/mol. The lowest BCUT2D eigenvalue weighted by Gasteiger charge is -2.10. The van der Waals surface area contributed by atoms with Crippen LogP contribution in [0.2, 0.25) is 0 Å². The zero-order valence-electron chi connectivity index (χ0n) is 11.0. The maximum absolute atomic E-state index is 13.2. The van der Waals surface area contributed by atoms with Crippen molar-refractivity contribution in [1.82, 2.24) is 5.32 Å². The van der Waals surface area contributed by atoms with E-state index in [-0.39, 0.29) is 23.6 Å². The molecule has 0 spiro atoms. The molecule has 0 aromatic heterocycles. The molecule has 1 aromatic carbocycles. The van der Waals surface area contributed by atoms with Crippen LogP contribution >= 0.6 is 0 Å². The van der Waals surface area contributed by atoms with E-state index in [1.54, 1.807) is 0 Å². The quantitative estimate of drug-likeness (QED) is 0.607. The van der Waals surface area contributed by atoms with Gasteiger partial charge in [0.05, 0.1) is 18.4 Å². The first-order valence-electron chi connectivity index (χ1n) is 5.97. The Bertz CT molecular complexity index is 463. The van der Waals surface area contributed by atoms with Crippen LogP contribution in [0.15, 0.2) is 18.2 Å². The van der Waals surface area contributed by atoms with E-state index in [2.05, 4.69) is 15.4 Å². The molecule has 1 rings (SSSR count). The highest BCUT2D eigenvalue weighted by Crippen LogP contribution is 2.18. The molecule has 0 aliphatic rings. The number of amides is 1. The predicted octanol–water partition coefficient (Wildman–Crippen LogP) is 1.55. The van der Waals surface area contributed by atoms with Gasteiger partial charge in [0, 0.05) is 13.0 Å². The van der Waals surface area contributed by atoms with Crippen LogP contribution in [-0.4, -0.2) is 32.1 Å². The number of rotatable bonds is 6. The van der Waals surface area contributed by atoms with Gasteiger partial charge in [-0.05, 0) is 24.7 Å². The second-order valence-electron chi connectivity index (χ2n) is 3.83. The highest BCUT2D eigenvalue weighted by Gasteiger charge is 2.14. The molecule has 0 atom stereocenters. The third-order valence-electron chi connectivity index (χ3n) is 2.44. The SMILES string of the molecule is CCNCCC(=O)Nc1cc(F)ccc1C(=O)OC. The predicted molar refractivity (Wildman–Crippen MR) is 69.5 cm³/mol. The van der Waals surface area contributed by atoms with Crippen LogP contribution in [0.3, 0.4) is 0 Å². The second-order valence-corrected chi connectivity index (χ2v) is 3.83. The third-order valence-corrected chi connectivity index (χ3v) is 2.44. The van der Waals surface area contributed by atoms with Crippen molar-refractivity contribution in [3.05, 3.63) is 29.6 Å². The highest BCUT2D eigenvalue weighted by atomic mass is 19.1. The van der Waals surface area contributed by atoms with Gasteiger partial charge in [0.15, 0.2) is 0 Å². The molecule has 1 amide bonds. The number of carbonyl (C=O) groups excluding carboxylic acids is 2.